The molecule has 1 aromatic carbocycles. The Morgan fingerprint density at radius 3 is 2.71 bits per heavy atom. The van der Waals surface area contributed by atoms with Crippen molar-refractivity contribution in [1.29, 1.82) is 0 Å². The van der Waals surface area contributed by atoms with Crippen LogP contribution in [-0.4, -0.2) is 16.5 Å². The van der Waals surface area contributed by atoms with Crippen LogP contribution in [0.3, 0.4) is 0 Å². The van der Waals surface area contributed by atoms with Crippen molar-refractivity contribution in [3.63, 3.8) is 0 Å². The first-order valence-corrected chi connectivity index (χ1v) is 8.39. The van der Waals surface area contributed by atoms with E-state index in [9.17, 15) is 0 Å². The number of rotatable bonds is 5. The zero-order valence-electron chi connectivity index (χ0n) is 11.9. The number of aromatic nitrogens is 2. The summed E-state index contributed by atoms with van der Waals surface area (Å²) in [5, 5.41) is 4.07. The minimum atomic E-state index is 0.574. The minimum Gasteiger partial charge on any atom is -0.369 e. The third-order valence-electron chi connectivity index (χ3n) is 3.54. The van der Waals surface area contributed by atoms with Gasteiger partial charge in [-0.1, -0.05) is 29.8 Å². The second-order valence-electron chi connectivity index (χ2n) is 5.26. The van der Waals surface area contributed by atoms with E-state index in [1.165, 1.54) is 12.8 Å². The highest BCUT2D eigenvalue weighted by molar-refractivity contribution is 9.10. The molecule has 0 bridgehead atoms. The summed E-state index contributed by atoms with van der Waals surface area (Å²) < 4.78 is 1.01. The Labute approximate surface area is 138 Å². The fourth-order valence-electron chi connectivity index (χ4n) is 2.32. The van der Waals surface area contributed by atoms with Gasteiger partial charge in [0.15, 0.2) is 0 Å². The maximum absolute atomic E-state index is 6.24. The second kappa shape index (κ2) is 6.32. The summed E-state index contributed by atoms with van der Waals surface area (Å²) in [5.41, 5.74) is 2.19. The molecule has 0 spiro atoms. The van der Waals surface area contributed by atoms with Crippen LogP contribution in [-0.2, 0) is 6.42 Å². The van der Waals surface area contributed by atoms with Crippen molar-refractivity contribution in [3.05, 3.63) is 50.8 Å². The standard InChI is InChI=1S/C16H17BrClN3/c1-2-19-16-14(17)15(10-7-8-10)20-13(21-16)9-11-5-3-4-6-12(11)18/h3-6,10H,2,7-9H2,1H3,(H,19,20,21). The molecule has 1 heterocycles. The molecule has 0 amide bonds. The zero-order chi connectivity index (χ0) is 14.8. The van der Waals surface area contributed by atoms with Crippen LogP contribution >= 0.6 is 27.5 Å². The molecule has 0 saturated heterocycles. The van der Waals surface area contributed by atoms with Gasteiger partial charge in [0.25, 0.3) is 0 Å². The molecule has 2 aromatic rings. The maximum atomic E-state index is 6.24. The molecule has 21 heavy (non-hydrogen) atoms. The molecule has 0 unspecified atom stereocenters. The van der Waals surface area contributed by atoms with E-state index in [2.05, 4.69) is 33.2 Å². The number of hydrogen-bond acceptors (Lipinski definition) is 3. The van der Waals surface area contributed by atoms with Crippen LogP contribution < -0.4 is 5.32 Å². The first kappa shape index (κ1) is 14.8. The number of halogens is 2. The molecule has 1 fully saturated rings. The predicted molar refractivity (Wildman–Crippen MR) is 90.1 cm³/mol. The lowest BCUT2D eigenvalue weighted by Crippen LogP contribution is -2.08. The van der Waals surface area contributed by atoms with Crippen molar-refractivity contribution >= 4 is 33.3 Å². The van der Waals surface area contributed by atoms with Crippen molar-refractivity contribution in [2.45, 2.75) is 32.1 Å². The van der Waals surface area contributed by atoms with Gasteiger partial charge in [-0.15, -0.1) is 0 Å². The third kappa shape index (κ3) is 3.38. The van der Waals surface area contributed by atoms with Gasteiger partial charge < -0.3 is 5.32 Å². The first-order valence-electron chi connectivity index (χ1n) is 7.22. The molecule has 1 N–H and O–H groups in total. The molecule has 3 nitrogen and oxygen atoms in total. The predicted octanol–water partition coefficient (Wildman–Crippen LogP) is 4.79. The van der Waals surface area contributed by atoms with E-state index in [4.69, 9.17) is 16.6 Å². The molecule has 0 atom stereocenters. The largest absolute Gasteiger partial charge is 0.369 e. The summed E-state index contributed by atoms with van der Waals surface area (Å²) in [5.74, 6) is 2.28. The van der Waals surface area contributed by atoms with Gasteiger partial charge in [-0.2, -0.15) is 0 Å². The average Bonchev–Trinajstić information content (AvgIpc) is 3.29. The number of hydrogen-bond donors (Lipinski definition) is 1. The first-order chi connectivity index (χ1) is 10.2. The van der Waals surface area contributed by atoms with Crippen molar-refractivity contribution in [2.24, 2.45) is 0 Å². The Balaban J connectivity index is 1.96. The van der Waals surface area contributed by atoms with Crippen LogP contribution in [0.25, 0.3) is 0 Å². The zero-order valence-corrected chi connectivity index (χ0v) is 14.2. The maximum Gasteiger partial charge on any atom is 0.144 e. The summed E-state index contributed by atoms with van der Waals surface area (Å²) in [6, 6.07) is 7.86. The Hall–Kier alpha value is -1.13. The van der Waals surface area contributed by atoms with Gasteiger partial charge in [0.1, 0.15) is 11.6 Å². The smallest absolute Gasteiger partial charge is 0.144 e. The SMILES string of the molecule is CCNc1nc(Cc2ccccc2Cl)nc(C2CC2)c1Br. The summed E-state index contributed by atoms with van der Waals surface area (Å²) in [6.07, 6.45) is 3.09. The average molecular weight is 367 g/mol. The van der Waals surface area contributed by atoms with Gasteiger partial charge >= 0.3 is 0 Å². The van der Waals surface area contributed by atoms with Gasteiger partial charge in [0.2, 0.25) is 0 Å². The number of nitrogens with one attached hydrogen (secondary N) is 1. The van der Waals surface area contributed by atoms with E-state index >= 15 is 0 Å². The number of nitrogens with zero attached hydrogens (tertiary/aromatic N) is 2. The summed E-state index contributed by atoms with van der Waals surface area (Å²) >= 11 is 9.88. The molecule has 1 aromatic heterocycles. The molecule has 3 rings (SSSR count). The van der Waals surface area contributed by atoms with Crippen LogP contribution in [0.5, 0.6) is 0 Å². The minimum absolute atomic E-state index is 0.574. The number of anilines is 1. The molecule has 0 radical (unpaired) electrons. The molecule has 110 valence electrons. The van der Waals surface area contributed by atoms with Crippen LogP contribution in [0.1, 0.15) is 42.8 Å². The topological polar surface area (TPSA) is 37.8 Å². The lowest BCUT2D eigenvalue weighted by Gasteiger charge is -2.12. The molecule has 0 aliphatic heterocycles. The molecule has 1 aliphatic carbocycles. The highest BCUT2D eigenvalue weighted by Gasteiger charge is 2.29. The second-order valence-corrected chi connectivity index (χ2v) is 6.46. The molecular formula is C16H17BrClN3. The highest BCUT2D eigenvalue weighted by Crippen LogP contribution is 2.43. The highest BCUT2D eigenvalue weighted by atomic mass is 79.9. The van der Waals surface area contributed by atoms with E-state index in [1.54, 1.807) is 0 Å². The molecular weight excluding hydrogens is 350 g/mol. The van der Waals surface area contributed by atoms with Crippen molar-refractivity contribution in [1.82, 2.24) is 9.97 Å². The van der Waals surface area contributed by atoms with Crippen molar-refractivity contribution in [3.8, 4) is 0 Å². The fourth-order valence-corrected chi connectivity index (χ4v) is 3.16. The van der Waals surface area contributed by atoms with E-state index < -0.39 is 0 Å². The monoisotopic (exact) mass is 365 g/mol. The summed E-state index contributed by atoms with van der Waals surface area (Å²) in [7, 11) is 0. The quantitative estimate of drug-likeness (QED) is 0.826. The normalized spacial score (nSPS) is 14.2. The third-order valence-corrected chi connectivity index (χ3v) is 4.69. The number of benzene rings is 1. The van der Waals surface area contributed by atoms with Gasteiger partial charge in [0.05, 0.1) is 10.2 Å². The Kier molecular flexibility index (Phi) is 4.45. The van der Waals surface area contributed by atoms with Gasteiger partial charge in [-0.05, 0) is 47.3 Å². The van der Waals surface area contributed by atoms with Crippen LogP contribution in [0.4, 0.5) is 5.82 Å². The van der Waals surface area contributed by atoms with E-state index in [-0.39, 0.29) is 0 Å². The Bertz CT molecular complexity index is 656. The van der Waals surface area contributed by atoms with Crippen LogP contribution in [0, 0.1) is 0 Å². The fraction of sp³-hybridized carbons (Fsp3) is 0.375. The lowest BCUT2D eigenvalue weighted by molar-refractivity contribution is 0.888. The summed E-state index contributed by atoms with van der Waals surface area (Å²) in [6.45, 7) is 2.91. The van der Waals surface area contributed by atoms with Crippen LogP contribution in [0.2, 0.25) is 5.02 Å². The van der Waals surface area contributed by atoms with E-state index in [0.717, 1.165) is 38.9 Å². The molecule has 1 aliphatic rings. The van der Waals surface area contributed by atoms with E-state index in [0.29, 0.717) is 12.3 Å². The lowest BCUT2D eigenvalue weighted by atomic mass is 10.1. The van der Waals surface area contributed by atoms with Gasteiger partial charge in [0, 0.05) is 23.9 Å². The van der Waals surface area contributed by atoms with Gasteiger partial charge in [-0.25, -0.2) is 9.97 Å². The Morgan fingerprint density at radius 1 is 1.29 bits per heavy atom. The van der Waals surface area contributed by atoms with Gasteiger partial charge in [-0.3, -0.25) is 0 Å². The molecule has 5 heteroatoms. The van der Waals surface area contributed by atoms with Crippen LogP contribution in [0.15, 0.2) is 28.7 Å². The van der Waals surface area contributed by atoms with Crippen molar-refractivity contribution in [2.75, 3.05) is 11.9 Å². The van der Waals surface area contributed by atoms with Crippen molar-refractivity contribution < 1.29 is 0 Å². The van der Waals surface area contributed by atoms with E-state index in [1.807, 2.05) is 24.3 Å². The Morgan fingerprint density at radius 2 is 2.05 bits per heavy atom. The summed E-state index contributed by atoms with van der Waals surface area (Å²) in [4.78, 5) is 9.40. The molecule has 1 saturated carbocycles.